The number of hydrogen-bond donors (Lipinski definition) is 1. The van der Waals surface area contributed by atoms with Gasteiger partial charge in [-0.1, -0.05) is 0 Å². The van der Waals surface area contributed by atoms with E-state index in [-0.39, 0.29) is 16.6 Å². The van der Waals surface area contributed by atoms with Gasteiger partial charge >= 0.3 is 0 Å². The van der Waals surface area contributed by atoms with E-state index in [1.54, 1.807) is 26.0 Å². The van der Waals surface area contributed by atoms with Crippen LogP contribution in [0.4, 0.5) is 5.69 Å². The molecule has 0 saturated heterocycles. The lowest BCUT2D eigenvalue weighted by atomic mass is 10.1. The Labute approximate surface area is 145 Å². The molecule has 0 aliphatic rings. The number of hydrogen-bond acceptors (Lipinski definition) is 7. The van der Waals surface area contributed by atoms with Crippen molar-refractivity contribution in [1.82, 2.24) is 19.9 Å². The maximum atomic E-state index is 12.6. The number of aryl methyl sites for hydroxylation is 1. The Bertz CT molecular complexity index is 1000. The number of ether oxygens (including phenoxy) is 1. The summed E-state index contributed by atoms with van der Waals surface area (Å²) in [6.45, 7) is 3.23. The van der Waals surface area contributed by atoms with E-state index in [1.165, 1.54) is 13.3 Å². The lowest BCUT2D eigenvalue weighted by Gasteiger charge is -2.06. The maximum absolute atomic E-state index is 12.6. The minimum Gasteiger partial charge on any atom is -0.481 e. The largest absolute Gasteiger partial charge is 0.481 e. The van der Waals surface area contributed by atoms with Gasteiger partial charge in [0, 0.05) is 23.4 Å². The summed E-state index contributed by atoms with van der Waals surface area (Å²) in [4.78, 5) is 26.3. The SMILES string of the molecule is COc1ccc2[nH]c(S(=O)Cc3ncc(C)c([N+](=O)[O-])c3C)nc2n1. The van der Waals surface area contributed by atoms with Crippen molar-refractivity contribution in [3.05, 3.63) is 45.3 Å². The second-order valence-electron chi connectivity index (χ2n) is 5.38. The number of aromatic amines is 1. The predicted octanol–water partition coefficient (Wildman–Crippen LogP) is 2.19. The third-order valence-corrected chi connectivity index (χ3v) is 4.91. The summed E-state index contributed by atoms with van der Waals surface area (Å²) in [6.07, 6.45) is 1.42. The molecular weight excluding hydrogens is 346 g/mol. The number of methoxy groups -OCH3 is 1. The lowest BCUT2D eigenvalue weighted by molar-refractivity contribution is -0.386. The van der Waals surface area contributed by atoms with Crippen LogP contribution in [0.25, 0.3) is 11.2 Å². The molecule has 1 atom stereocenters. The van der Waals surface area contributed by atoms with Crippen molar-refractivity contribution in [2.45, 2.75) is 24.8 Å². The molecule has 3 aromatic rings. The standard InChI is InChI=1S/C15H15N5O4S/c1-8-6-16-11(9(2)13(8)20(21)22)7-25(23)15-17-10-4-5-12(24-3)18-14(10)19-15/h4-6H,7H2,1-3H3,(H,17,18,19). The molecule has 1 unspecified atom stereocenters. The Morgan fingerprint density at radius 1 is 1.32 bits per heavy atom. The van der Waals surface area contributed by atoms with E-state index in [0.717, 1.165) is 0 Å². The van der Waals surface area contributed by atoms with Crippen molar-refractivity contribution in [2.75, 3.05) is 7.11 Å². The second-order valence-corrected chi connectivity index (χ2v) is 6.74. The van der Waals surface area contributed by atoms with Crippen LogP contribution in [0.5, 0.6) is 5.88 Å². The first kappa shape index (κ1) is 17.0. The van der Waals surface area contributed by atoms with E-state index in [0.29, 0.717) is 33.9 Å². The number of nitro groups is 1. The molecule has 0 bridgehead atoms. The van der Waals surface area contributed by atoms with Gasteiger partial charge in [-0.15, -0.1) is 0 Å². The summed E-state index contributed by atoms with van der Waals surface area (Å²) in [5, 5.41) is 11.4. The van der Waals surface area contributed by atoms with Gasteiger partial charge < -0.3 is 9.72 Å². The Hall–Kier alpha value is -2.88. The average molecular weight is 361 g/mol. The minimum atomic E-state index is -1.55. The van der Waals surface area contributed by atoms with Gasteiger partial charge in [0.25, 0.3) is 5.69 Å². The zero-order valence-corrected chi connectivity index (χ0v) is 14.6. The first-order chi connectivity index (χ1) is 11.9. The Balaban J connectivity index is 1.92. The molecule has 1 N–H and O–H groups in total. The second kappa shape index (κ2) is 6.55. The molecule has 3 heterocycles. The summed E-state index contributed by atoms with van der Waals surface area (Å²) >= 11 is 0. The molecule has 3 rings (SSSR count). The Morgan fingerprint density at radius 3 is 2.76 bits per heavy atom. The van der Waals surface area contributed by atoms with Gasteiger partial charge in [-0.2, -0.15) is 4.98 Å². The molecule has 25 heavy (non-hydrogen) atoms. The molecule has 9 nitrogen and oxygen atoms in total. The van der Waals surface area contributed by atoms with Gasteiger partial charge in [0.1, 0.15) is 0 Å². The number of imidazole rings is 1. The van der Waals surface area contributed by atoms with E-state index >= 15 is 0 Å². The van der Waals surface area contributed by atoms with E-state index in [9.17, 15) is 14.3 Å². The van der Waals surface area contributed by atoms with E-state index in [4.69, 9.17) is 4.74 Å². The van der Waals surface area contributed by atoms with E-state index in [1.807, 2.05) is 0 Å². The van der Waals surface area contributed by atoms with Crippen LogP contribution in [0.15, 0.2) is 23.5 Å². The normalized spacial score (nSPS) is 12.3. The van der Waals surface area contributed by atoms with Crippen LogP contribution in [0, 0.1) is 24.0 Å². The van der Waals surface area contributed by atoms with E-state index in [2.05, 4.69) is 19.9 Å². The molecule has 0 radical (unpaired) electrons. The first-order valence-corrected chi connectivity index (χ1v) is 8.61. The zero-order valence-electron chi connectivity index (χ0n) is 13.8. The summed E-state index contributed by atoms with van der Waals surface area (Å²) in [5.41, 5.74) is 2.30. The van der Waals surface area contributed by atoms with Crippen LogP contribution in [0.1, 0.15) is 16.8 Å². The number of fused-ring (bicyclic) bond motifs is 1. The molecule has 0 amide bonds. The molecule has 0 aliphatic carbocycles. The fourth-order valence-corrected chi connectivity index (χ4v) is 3.55. The average Bonchev–Trinajstić information content (AvgIpc) is 3.00. The Kier molecular flexibility index (Phi) is 4.45. The summed E-state index contributed by atoms with van der Waals surface area (Å²) in [7, 11) is -0.0479. The fraction of sp³-hybridized carbons (Fsp3) is 0.267. The van der Waals surface area contributed by atoms with Crippen LogP contribution in [-0.4, -0.2) is 36.2 Å². The number of H-pyrrole nitrogens is 1. The number of aromatic nitrogens is 4. The molecule has 130 valence electrons. The highest BCUT2D eigenvalue weighted by Crippen LogP contribution is 2.25. The van der Waals surface area contributed by atoms with Gasteiger partial charge in [0.15, 0.2) is 10.8 Å². The number of nitrogens with zero attached hydrogens (tertiary/aromatic N) is 4. The van der Waals surface area contributed by atoms with Gasteiger partial charge in [-0.3, -0.25) is 19.3 Å². The molecule has 0 saturated carbocycles. The monoisotopic (exact) mass is 361 g/mol. The van der Waals surface area contributed by atoms with Crippen molar-refractivity contribution in [3.8, 4) is 5.88 Å². The molecule has 0 fully saturated rings. The van der Waals surface area contributed by atoms with Crippen molar-refractivity contribution in [1.29, 1.82) is 0 Å². The first-order valence-electron chi connectivity index (χ1n) is 7.29. The molecule has 10 heteroatoms. The summed E-state index contributed by atoms with van der Waals surface area (Å²) in [5.74, 6) is 0.423. The Morgan fingerprint density at radius 2 is 2.08 bits per heavy atom. The van der Waals surface area contributed by atoms with Gasteiger partial charge in [0.05, 0.1) is 39.8 Å². The maximum Gasteiger partial charge on any atom is 0.278 e. The van der Waals surface area contributed by atoms with Crippen molar-refractivity contribution < 1.29 is 13.9 Å². The van der Waals surface area contributed by atoms with Crippen LogP contribution >= 0.6 is 0 Å². The van der Waals surface area contributed by atoms with Crippen molar-refractivity contribution in [2.24, 2.45) is 0 Å². The van der Waals surface area contributed by atoms with Gasteiger partial charge in [-0.25, -0.2) is 4.98 Å². The lowest BCUT2D eigenvalue weighted by Crippen LogP contribution is -2.06. The number of rotatable bonds is 5. The zero-order chi connectivity index (χ0) is 18.1. The molecule has 0 spiro atoms. The number of pyridine rings is 2. The third-order valence-electron chi connectivity index (χ3n) is 3.75. The topological polar surface area (TPSA) is 124 Å². The van der Waals surface area contributed by atoms with Crippen molar-refractivity contribution in [3.63, 3.8) is 0 Å². The van der Waals surface area contributed by atoms with Crippen molar-refractivity contribution >= 4 is 27.7 Å². The molecule has 3 aromatic heterocycles. The highest BCUT2D eigenvalue weighted by atomic mass is 32.2. The van der Waals surface area contributed by atoms with Crippen LogP contribution in [0.3, 0.4) is 0 Å². The summed E-state index contributed by atoms with van der Waals surface area (Å²) in [6, 6.07) is 3.40. The van der Waals surface area contributed by atoms with E-state index < -0.39 is 15.7 Å². The van der Waals surface area contributed by atoms with Gasteiger partial charge in [0.2, 0.25) is 5.88 Å². The van der Waals surface area contributed by atoms with Crippen LogP contribution < -0.4 is 4.74 Å². The highest BCUT2D eigenvalue weighted by Gasteiger charge is 2.21. The fourth-order valence-electron chi connectivity index (χ4n) is 2.46. The van der Waals surface area contributed by atoms with Crippen LogP contribution in [0.2, 0.25) is 0 Å². The smallest absolute Gasteiger partial charge is 0.278 e. The third kappa shape index (κ3) is 3.20. The quantitative estimate of drug-likeness (QED) is 0.545. The molecule has 0 aliphatic heterocycles. The van der Waals surface area contributed by atoms with Crippen LogP contribution in [-0.2, 0) is 16.6 Å². The number of nitrogens with one attached hydrogen (secondary N) is 1. The molecule has 0 aromatic carbocycles. The highest BCUT2D eigenvalue weighted by molar-refractivity contribution is 7.84. The molecular formula is C15H15N5O4S. The predicted molar refractivity (Wildman–Crippen MR) is 90.9 cm³/mol. The van der Waals surface area contributed by atoms with Gasteiger partial charge in [-0.05, 0) is 19.9 Å². The summed E-state index contributed by atoms with van der Waals surface area (Å²) < 4.78 is 17.6. The minimum absolute atomic E-state index is 0.00184.